The van der Waals surface area contributed by atoms with Crippen LogP contribution in [0.4, 0.5) is 0 Å². The molecule has 100 valence electrons. The van der Waals surface area contributed by atoms with Crippen LogP contribution in [0.3, 0.4) is 0 Å². The highest BCUT2D eigenvalue weighted by Crippen LogP contribution is 2.19. The van der Waals surface area contributed by atoms with E-state index in [1.165, 1.54) is 11.8 Å². The Balaban J connectivity index is 2.10. The third-order valence-corrected chi connectivity index (χ3v) is 3.43. The molecule has 0 aliphatic rings. The molecule has 2 rings (SSSR count). The number of thioether (sulfide) groups is 1. The van der Waals surface area contributed by atoms with Gasteiger partial charge in [-0.2, -0.15) is 0 Å². The lowest BCUT2D eigenvalue weighted by molar-refractivity contribution is 0.0466. The van der Waals surface area contributed by atoms with Crippen LogP contribution in [0.15, 0.2) is 27.9 Å². The van der Waals surface area contributed by atoms with Crippen LogP contribution < -0.4 is 0 Å². The highest BCUT2D eigenvalue weighted by molar-refractivity contribution is 7.98. The minimum absolute atomic E-state index is 0.155. The zero-order valence-corrected chi connectivity index (χ0v) is 11.8. The van der Waals surface area contributed by atoms with E-state index in [0.717, 1.165) is 11.3 Å². The van der Waals surface area contributed by atoms with Crippen LogP contribution >= 0.6 is 11.8 Å². The zero-order chi connectivity index (χ0) is 13.8. The summed E-state index contributed by atoms with van der Waals surface area (Å²) in [7, 11) is 0. The molecule has 19 heavy (non-hydrogen) atoms. The molecule has 0 spiro atoms. The summed E-state index contributed by atoms with van der Waals surface area (Å²) in [6.07, 6.45) is 3.52. The molecule has 0 aromatic carbocycles. The van der Waals surface area contributed by atoms with Crippen molar-refractivity contribution in [3.8, 4) is 0 Å². The summed E-state index contributed by atoms with van der Waals surface area (Å²) in [4.78, 5) is 16.1. The van der Waals surface area contributed by atoms with Crippen LogP contribution in [0.25, 0.3) is 0 Å². The molecule has 2 heterocycles. The van der Waals surface area contributed by atoms with E-state index in [1.807, 2.05) is 13.2 Å². The molecule has 0 saturated heterocycles. The first-order chi connectivity index (χ1) is 9.13. The zero-order valence-electron chi connectivity index (χ0n) is 11.0. The van der Waals surface area contributed by atoms with Gasteiger partial charge in [0.2, 0.25) is 0 Å². The van der Waals surface area contributed by atoms with Crippen LogP contribution in [-0.2, 0) is 11.3 Å². The van der Waals surface area contributed by atoms with Gasteiger partial charge in [-0.25, -0.2) is 9.78 Å². The highest BCUT2D eigenvalue weighted by Gasteiger charge is 2.16. The van der Waals surface area contributed by atoms with Gasteiger partial charge in [-0.05, 0) is 32.2 Å². The second-order valence-electron chi connectivity index (χ2n) is 3.94. The van der Waals surface area contributed by atoms with Gasteiger partial charge in [-0.3, -0.25) is 0 Å². The lowest BCUT2D eigenvalue weighted by Crippen LogP contribution is -2.08. The minimum Gasteiger partial charge on any atom is -0.457 e. The smallest absolute Gasteiger partial charge is 0.341 e. The third-order valence-electron chi connectivity index (χ3n) is 2.71. The van der Waals surface area contributed by atoms with Gasteiger partial charge in [-0.15, -0.1) is 11.8 Å². The van der Waals surface area contributed by atoms with E-state index in [-0.39, 0.29) is 6.61 Å². The molecule has 0 aliphatic carbocycles. The van der Waals surface area contributed by atoms with E-state index in [1.54, 1.807) is 25.3 Å². The van der Waals surface area contributed by atoms with Crippen LogP contribution in [0, 0.1) is 13.8 Å². The second-order valence-corrected chi connectivity index (χ2v) is 4.73. The van der Waals surface area contributed by atoms with Gasteiger partial charge in [0.05, 0.1) is 16.8 Å². The molecule has 5 nitrogen and oxygen atoms in total. The summed E-state index contributed by atoms with van der Waals surface area (Å²) < 4.78 is 10.3. The van der Waals surface area contributed by atoms with E-state index in [2.05, 4.69) is 10.1 Å². The Morgan fingerprint density at radius 2 is 2.26 bits per heavy atom. The third kappa shape index (κ3) is 2.96. The molecule has 0 N–H and O–H groups in total. The number of ether oxygens (including phenoxy) is 1. The summed E-state index contributed by atoms with van der Waals surface area (Å²) in [5.41, 5.74) is 2.02. The molecule has 0 saturated carbocycles. The van der Waals surface area contributed by atoms with Gasteiger partial charge in [-0.1, -0.05) is 5.16 Å². The maximum Gasteiger partial charge on any atom is 0.341 e. The number of pyridine rings is 1. The minimum atomic E-state index is -0.391. The van der Waals surface area contributed by atoms with Gasteiger partial charge in [0.25, 0.3) is 0 Å². The maximum absolute atomic E-state index is 12.0. The SMILES string of the molecule is CSc1ncccc1C(=O)OCc1c(C)noc1C. The predicted octanol–water partition coefficient (Wildman–Crippen LogP) is 2.77. The molecule has 0 aliphatic heterocycles. The highest BCUT2D eigenvalue weighted by atomic mass is 32.2. The number of hydrogen-bond donors (Lipinski definition) is 0. The van der Waals surface area contributed by atoms with Crippen molar-refractivity contribution in [3.63, 3.8) is 0 Å². The van der Waals surface area contributed by atoms with Crippen molar-refractivity contribution < 1.29 is 14.1 Å². The van der Waals surface area contributed by atoms with Crippen LogP contribution in [0.1, 0.15) is 27.4 Å². The summed E-state index contributed by atoms with van der Waals surface area (Å²) in [6.45, 7) is 3.76. The molecule has 0 fully saturated rings. The number of hydrogen-bond acceptors (Lipinski definition) is 6. The molecule has 2 aromatic heterocycles. The summed E-state index contributed by atoms with van der Waals surface area (Å²) >= 11 is 1.41. The Morgan fingerprint density at radius 3 is 2.89 bits per heavy atom. The molecule has 0 bridgehead atoms. The Hall–Kier alpha value is -1.82. The van der Waals surface area contributed by atoms with E-state index >= 15 is 0 Å². The average Bonchev–Trinajstić information content (AvgIpc) is 2.75. The Labute approximate surface area is 115 Å². The first kappa shape index (κ1) is 13.6. The molecule has 2 aromatic rings. The van der Waals surface area contributed by atoms with E-state index in [0.29, 0.717) is 16.3 Å². The number of carbonyl (C=O) groups excluding carboxylic acids is 1. The number of aryl methyl sites for hydroxylation is 2. The first-order valence-corrected chi connectivity index (χ1v) is 6.94. The monoisotopic (exact) mass is 278 g/mol. The van der Waals surface area contributed by atoms with E-state index in [9.17, 15) is 4.79 Å². The molecule has 0 unspecified atom stereocenters. The number of aromatic nitrogens is 2. The van der Waals surface area contributed by atoms with Crippen molar-refractivity contribution in [1.82, 2.24) is 10.1 Å². The van der Waals surface area contributed by atoms with Crippen LogP contribution in [-0.4, -0.2) is 22.4 Å². The fourth-order valence-electron chi connectivity index (χ4n) is 1.63. The van der Waals surface area contributed by atoms with Gasteiger partial charge in [0.1, 0.15) is 17.4 Å². The van der Waals surface area contributed by atoms with Gasteiger partial charge in [0.15, 0.2) is 0 Å². The number of esters is 1. The fourth-order valence-corrected chi connectivity index (χ4v) is 2.17. The molecule has 0 atom stereocenters. The van der Waals surface area contributed by atoms with Crippen LogP contribution in [0.5, 0.6) is 0 Å². The lowest BCUT2D eigenvalue weighted by atomic mass is 10.2. The quantitative estimate of drug-likeness (QED) is 0.633. The van der Waals surface area contributed by atoms with Crippen molar-refractivity contribution in [2.45, 2.75) is 25.5 Å². The molecular formula is C13H14N2O3S. The standard InChI is InChI=1S/C13H14N2O3S/c1-8-11(9(2)18-15-8)7-17-13(16)10-5-4-6-14-12(10)19-3/h4-6H,7H2,1-3H3. The van der Waals surface area contributed by atoms with Crippen molar-refractivity contribution >= 4 is 17.7 Å². The fraction of sp³-hybridized carbons (Fsp3) is 0.308. The van der Waals surface area contributed by atoms with E-state index in [4.69, 9.17) is 9.26 Å². The van der Waals surface area contributed by atoms with Crippen molar-refractivity contribution in [2.75, 3.05) is 6.26 Å². The van der Waals surface area contributed by atoms with Gasteiger partial charge >= 0.3 is 5.97 Å². The Bertz CT molecular complexity index is 576. The maximum atomic E-state index is 12.0. The summed E-state index contributed by atoms with van der Waals surface area (Å²) in [5, 5.41) is 4.48. The summed E-state index contributed by atoms with van der Waals surface area (Å²) in [5.74, 6) is 0.277. The predicted molar refractivity (Wildman–Crippen MR) is 71.1 cm³/mol. The molecule has 6 heteroatoms. The largest absolute Gasteiger partial charge is 0.457 e. The second kappa shape index (κ2) is 5.88. The first-order valence-electron chi connectivity index (χ1n) is 5.71. The number of carbonyl (C=O) groups is 1. The summed E-state index contributed by atoms with van der Waals surface area (Å²) in [6, 6.07) is 3.42. The Morgan fingerprint density at radius 1 is 1.47 bits per heavy atom. The van der Waals surface area contributed by atoms with Crippen LogP contribution in [0.2, 0.25) is 0 Å². The normalized spacial score (nSPS) is 10.5. The molecular weight excluding hydrogens is 264 g/mol. The van der Waals surface area contributed by atoms with Crippen molar-refractivity contribution in [2.24, 2.45) is 0 Å². The number of rotatable bonds is 4. The Kier molecular flexibility index (Phi) is 4.21. The van der Waals surface area contributed by atoms with Crippen molar-refractivity contribution in [3.05, 3.63) is 40.9 Å². The van der Waals surface area contributed by atoms with E-state index < -0.39 is 5.97 Å². The average molecular weight is 278 g/mol. The molecule has 0 amide bonds. The van der Waals surface area contributed by atoms with Gasteiger partial charge < -0.3 is 9.26 Å². The molecule has 0 radical (unpaired) electrons. The topological polar surface area (TPSA) is 65.2 Å². The van der Waals surface area contributed by atoms with Gasteiger partial charge in [0, 0.05) is 6.20 Å². The van der Waals surface area contributed by atoms with Crippen molar-refractivity contribution in [1.29, 1.82) is 0 Å². The number of nitrogens with zero attached hydrogens (tertiary/aromatic N) is 2. The lowest BCUT2D eigenvalue weighted by Gasteiger charge is -2.06.